The maximum absolute atomic E-state index is 2.40. The molecule has 0 amide bonds. The summed E-state index contributed by atoms with van der Waals surface area (Å²) in [7, 11) is 0. The zero-order chi connectivity index (χ0) is 24.1. The Morgan fingerprint density at radius 3 is 1.78 bits per heavy atom. The van der Waals surface area contributed by atoms with Crippen molar-refractivity contribution >= 4 is 60.2 Å². The molecule has 170 valence electrons. The van der Waals surface area contributed by atoms with E-state index in [0.717, 1.165) is 11.4 Å². The molecule has 0 saturated heterocycles. The van der Waals surface area contributed by atoms with Crippen LogP contribution >= 0.6 is 0 Å². The van der Waals surface area contributed by atoms with Gasteiger partial charge in [-0.15, -0.1) is 0 Å². The number of nitrogens with zero attached hydrogens (tertiary/aromatic N) is 1. The van der Waals surface area contributed by atoms with Gasteiger partial charge in [0.2, 0.25) is 0 Å². The first-order valence-corrected chi connectivity index (χ1v) is 12.5. The number of aryl methyl sites for hydroxylation is 1. The van der Waals surface area contributed by atoms with E-state index in [9.17, 15) is 0 Å². The first-order chi connectivity index (χ1) is 17.8. The Morgan fingerprint density at radius 2 is 0.972 bits per heavy atom. The van der Waals surface area contributed by atoms with Crippen LogP contribution in [0.25, 0.3) is 43.1 Å². The van der Waals surface area contributed by atoms with Gasteiger partial charge in [-0.05, 0) is 80.5 Å². The van der Waals surface area contributed by atoms with Crippen molar-refractivity contribution in [1.82, 2.24) is 0 Å². The van der Waals surface area contributed by atoms with Crippen LogP contribution in [0.2, 0.25) is 0 Å². The van der Waals surface area contributed by atoms with Gasteiger partial charge in [-0.25, -0.2) is 0 Å². The second-order valence-electron chi connectivity index (χ2n) is 9.53. The molecule has 0 bridgehead atoms. The van der Waals surface area contributed by atoms with Crippen molar-refractivity contribution in [3.8, 4) is 0 Å². The highest BCUT2D eigenvalue weighted by Gasteiger charge is 2.17. The zero-order valence-corrected chi connectivity index (χ0v) is 20.1. The van der Waals surface area contributed by atoms with Gasteiger partial charge in [0.05, 0.1) is 5.69 Å². The highest BCUT2D eigenvalue weighted by atomic mass is 15.1. The zero-order valence-electron chi connectivity index (χ0n) is 20.1. The molecule has 0 aliphatic heterocycles. The second-order valence-corrected chi connectivity index (χ2v) is 9.53. The average molecular weight is 460 g/mol. The van der Waals surface area contributed by atoms with E-state index in [1.54, 1.807) is 0 Å². The fourth-order valence-corrected chi connectivity index (χ4v) is 5.55. The van der Waals surface area contributed by atoms with E-state index in [1.165, 1.54) is 54.3 Å². The Balaban J connectivity index is 1.51. The molecule has 0 radical (unpaired) electrons. The first kappa shape index (κ1) is 20.7. The molecule has 7 aromatic rings. The molecule has 36 heavy (non-hydrogen) atoms. The highest BCUT2D eigenvalue weighted by Crippen LogP contribution is 2.42. The first-order valence-electron chi connectivity index (χ1n) is 12.5. The third kappa shape index (κ3) is 3.32. The Morgan fingerprint density at radius 1 is 0.389 bits per heavy atom. The van der Waals surface area contributed by atoms with Crippen molar-refractivity contribution in [2.45, 2.75) is 6.92 Å². The number of benzene rings is 7. The Kier molecular flexibility index (Phi) is 4.75. The number of hydrogen-bond acceptors (Lipinski definition) is 1. The predicted octanol–water partition coefficient (Wildman–Crippen LogP) is 10.1. The summed E-state index contributed by atoms with van der Waals surface area (Å²) < 4.78 is 0. The molecule has 0 aromatic heterocycles. The maximum Gasteiger partial charge on any atom is 0.0540 e. The van der Waals surface area contributed by atoms with E-state index in [1.807, 2.05) is 0 Å². The van der Waals surface area contributed by atoms with Crippen LogP contribution in [0.15, 0.2) is 133 Å². The van der Waals surface area contributed by atoms with E-state index in [4.69, 9.17) is 0 Å². The van der Waals surface area contributed by atoms with Crippen LogP contribution in [0, 0.1) is 6.92 Å². The molecule has 1 nitrogen and oxygen atoms in total. The molecule has 0 spiro atoms. The second kappa shape index (κ2) is 8.25. The molecule has 0 aliphatic rings. The van der Waals surface area contributed by atoms with Gasteiger partial charge in [-0.3, -0.25) is 0 Å². The van der Waals surface area contributed by atoms with Gasteiger partial charge in [-0.1, -0.05) is 103 Å². The van der Waals surface area contributed by atoms with Crippen molar-refractivity contribution in [3.63, 3.8) is 0 Å². The lowest BCUT2D eigenvalue weighted by molar-refractivity contribution is 1.29. The summed E-state index contributed by atoms with van der Waals surface area (Å²) >= 11 is 0. The minimum atomic E-state index is 1.16. The fourth-order valence-electron chi connectivity index (χ4n) is 5.55. The minimum Gasteiger partial charge on any atom is -0.310 e. The van der Waals surface area contributed by atoms with Crippen LogP contribution < -0.4 is 4.90 Å². The average Bonchev–Trinajstić information content (AvgIpc) is 2.93. The lowest BCUT2D eigenvalue weighted by Crippen LogP contribution is -2.10. The highest BCUT2D eigenvalue weighted by molar-refractivity contribution is 6.13. The monoisotopic (exact) mass is 459 g/mol. The van der Waals surface area contributed by atoms with E-state index >= 15 is 0 Å². The summed E-state index contributed by atoms with van der Waals surface area (Å²) in [4.78, 5) is 2.40. The molecule has 0 unspecified atom stereocenters. The molecule has 1 heteroatoms. The quantitative estimate of drug-likeness (QED) is 0.238. The predicted molar refractivity (Wildman–Crippen MR) is 156 cm³/mol. The smallest absolute Gasteiger partial charge is 0.0540 e. The summed E-state index contributed by atoms with van der Waals surface area (Å²) in [5.74, 6) is 0. The number of fused-ring (bicyclic) bond motifs is 6. The van der Waals surface area contributed by atoms with Crippen molar-refractivity contribution in [1.29, 1.82) is 0 Å². The van der Waals surface area contributed by atoms with Crippen LogP contribution in [-0.2, 0) is 0 Å². The van der Waals surface area contributed by atoms with Gasteiger partial charge in [0.1, 0.15) is 0 Å². The Hall–Kier alpha value is -4.62. The number of rotatable bonds is 3. The summed E-state index contributed by atoms with van der Waals surface area (Å²) in [6.45, 7) is 2.16. The van der Waals surface area contributed by atoms with Crippen LogP contribution in [0.4, 0.5) is 17.1 Å². The van der Waals surface area contributed by atoms with Crippen molar-refractivity contribution in [2.24, 2.45) is 0 Å². The van der Waals surface area contributed by atoms with Crippen LogP contribution in [-0.4, -0.2) is 0 Å². The summed E-state index contributed by atoms with van der Waals surface area (Å²) in [6.07, 6.45) is 0. The Labute approximate surface area is 210 Å². The number of anilines is 3. The molecule has 7 rings (SSSR count). The van der Waals surface area contributed by atoms with Gasteiger partial charge in [0, 0.05) is 16.8 Å². The van der Waals surface area contributed by atoms with E-state index < -0.39 is 0 Å². The lowest BCUT2D eigenvalue weighted by atomic mass is 9.99. The molecule has 0 heterocycles. The van der Waals surface area contributed by atoms with Crippen LogP contribution in [0.1, 0.15) is 5.56 Å². The van der Waals surface area contributed by atoms with Gasteiger partial charge in [-0.2, -0.15) is 0 Å². The largest absolute Gasteiger partial charge is 0.310 e. The van der Waals surface area contributed by atoms with Crippen LogP contribution in [0.3, 0.4) is 0 Å². The van der Waals surface area contributed by atoms with Gasteiger partial charge in [0.25, 0.3) is 0 Å². The molecule has 0 atom stereocenters. The SMILES string of the molecule is Cc1cccc(N(c2ccc3c(ccc4ccccc43)c2)c2cccc3c2ccc2ccccc23)c1. The molecule has 0 N–H and O–H groups in total. The summed E-state index contributed by atoms with van der Waals surface area (Å²) in [5.41, 5.74) is 4.75. The molecule has 0 aliphatic carbocycles. The van der Waals surface area contributed by atoms with E-state index in [2.05, 4.69) is 145 Å². The molecule has 7 aromatic carbocycles. The summed E-state index contributed by atoms with van der Waals surface area (Å²) in [5, 5.41) is 10.2. The third-order valence-corrected chi connectivity index (χ3v) is 7.25. The molecular weight excluding hydrogens is 434 g/mol. The van der Waals surface area contributed by atoms with Gasteiger partial charge in [0.15, 0.2) is 0 Å². The van der Waals surface area contributed by atoms with E-state index in [0.29, 0.717) is 0 Å². The van der Waals surface area contributed by atoms with Crippen LogP contribution in [0.5, 0.6) is 0 Å². The fraction of sp³-hybridized carbons (Fsp3) is 0.0286. The molecule has 0 fully saturated rings. The molecular formula is C35H25N. The van der Waals surface area contributed by atoms with Crippen molar-refractivity contribution < 1.29 is 0 Å². The van der Waals surface area contributed by atoms with Gasteiger partial charge >= 0.3 is 0 Å². The van der Waals surface area contributed by atoms with E-state index in [-0.39, 0.29) is 0 Å². The molecule has 0 saturated carbocycles. The Bertz CT molecular complexity index is 1910. The standard InChI is InChI=1S/C35H25N/c1-24-8-6-11-28(22-24)36(29-19-21-32-27(23-29)17-16-25-9-2-4-12-30(25)32)35-15-7-14-33-31-13-5-3-10-26(31)18-20-34(33)35/h2-23H,1H3. The van der Waals surface area contributed by atoms with Gasteiger partial charge < -0.3 is 4.90 Å². The number of hydrogen-bond donors (Lipinski definition) is 0. The minimum absolute atomic E-state index is 1.16. The normalized spacial score (nSPS) is 11.5. The van der Waals surface area contributed by atoms with Crippen molar-refractivity contribution in [2.75, 3.05) is 4.90 Å². The van der Waals surface area contributed by atoms with Crippen molar-refractivity contribution in [3.05, 3.63) is 139 Å². The maximum atomic E-state index is 2.40. The lowest BCUT2D eigenvalue weighted by Gasteiger charge is -2.28. The summed E-state index contributed by atoms with van der Waals surface area (Å²) in [6, 6.07) is 48.5. The topological polar surface area (TPSA) is 3.24 Å². The third-order valence-electron chi connectivity index (χ3n) is 7.25.